The number of halogens is 1. The highest BCUT2D eigenvalue weighted by Gasteiger charge is 2.23. The first-order valence-corrected chi connectivity index (χ1v) is 5.09. The fourth-order valence-corrected chi connectivity index (χ4v) is 1.72. The molecule has 3 N–H and O–H groups in total. The summed E-state index contributed by atoms with van der Waals surface area (Å²) < 4.78 is 13.2. The molecule has 0 aliphatic heterocycles. The van der Waals surface area contributed by atoms with Crippen LogP contribution < -0.4 is 5.73 Å². The minimum absolute atomic E-state index is 0.359. The van der Waals surface area contributed by atoms with Crippen molar-refractivity contribution in [2.24, 2.45) is 5.73 Å². The summed E-state index contributed by atoms with van der Waals surface area (Å²) in [6.45, 7) is 5.33. The molecule has 1 aromatic rings. The average molecular weight is 225 g/mol. The third-order valence-corrected chi connectivity index (χ3v) is 2.99. The Balaban J connectivity index is 3.17. The number of rotatable bonds is 3. The Hall–Kier alpha value is -1.42. The van der Waals surface area contributed by atoms with Crippen LogP contribution in [0.15, 0.2) is 12.1 Å². The van der Waals surface area contributed by atoms with Gasteiger partial charge in [0.1, 0.15) is 11.9 Å². The van der Waals surface area contributed by atoms with Crippen molar-refractivity contribution in [3.05, 3.63) is 34.6 Å². The van der Waals surface area contributed by atoms with E-state index in [4.69, 9.17) is 10.8 Å². The van der Waals surface area contributed by atoms with Gasteiger partial charge in [-0.3, -0.25) is 4.79 Å². The predicted molar refractivity (Wildman–Crippen MR) is 59.9 cm³/mol. The Morgan fingerprint density at radius 1 is 1.44 bits per heavy atom. The number of aryl methyl sites for hydroxylation is 1. The van der Waals surface area contributed by atoms with E-state index in [9.17, 15) is 9.18 Å². The smallest absolute Gasteiger partial charge is 0.321 e. The Labute approximate surface area is 94.1 Å². The van der Waals surface area contributed by atoms with Gasteiger partial charge in [0.25, 0.3) is 0 Å². The molecule has 0 radical (unpaired) electrons. The molecule has 0 aliphatic carbocycles. The van der Waals surface area contributed by atoms with Crippen molar-refractivity contribution in [1.82, 2.24) is 0 Å². The van der Waals surface area contributed by atoms with Gasteiger partial charge in [0.15, 0.2) is 0 Å². The highest BCUT2D eigenvalue weighted by molar-refractivity contribution is 5.74. The highest BCUT2D eigenvalue weighted by atomic mass is 19.1. The molecule has 0 bridgehead atoms. The molecule has 16 heavy (non-hydrogen) atoms. The quantitative estimate of drug-likeness (QED) is 0.826. The van der Waals surface area contributed by atoms with E-state index in [1.165, 1.54) is 12.1 Å². The summed E-state index contributed by atoms with van der Waals surface area (Å²) in [7, 11) is 0. The summed E-state index contributed by atoms with van der Waals surface area (Å²) in [5, 5.41) is 8.82. The molecule has 0 amide bonds. The number of nitrogens with two attached hydrogens (primary N) is 1. The van der Waals surface area contributed by atoms with Crippen molar-refractivity contribution >= 4 is 5.97 Å². The Morgan fingerprint density at radius 3 is 2.50 bits per heavy atom. The highest BCUT2D eigenvalue weighted by Crippen LogP contribution is 2.25. The van der Waals surface area contributed by atoms with E-state index in [-0.39, 0.29) is 5.82 Å². The zero-order chi connectivity index (χ0) is 12.5. The summed E-state index contributed by atoms with van der Waals surface area (Å²) in [4.78, 5) is 10.8. The maximum atomic E-state index is 13.2. The van der Waals surface area contributed by atoms with Crippen LogP contribution in [0, 0.1) is 19.7 Å². The Kier molecular flexibility index (Phi) is 3.65. The second-order valence-electron chi connectivity index (χ2n) is 4.09. The van der Waals surface area contributed by atoms with Crippen molar-refractivity contribution in [2.45, 2.75) is 32.7 Å². The number of carboxylic acids is 1. The summed E-state index contributed by atoms with van der Waals surface area (Å²) in [5.74, 6) is -1.84. The first kappa shape index (κ1) is 12.6. The molecule has 0 aromatic heterocycles. The van der Waals surface area contributed by atoms with Crippen molar-refractivity contribution in [3.63, 3.8) is 0 Å². The molecule has 2 atom stereocenters. The summed E-state index contributed by atoms with van der Waals surface area (Å²) in [6, 6.07) is 1.77. The monoisotopic (exact) mass is 225 g/mol. The lowest BCUT2D eigenvalue weighted by Gasteiger charge is -2.19. The molecule has 4 heteroatoms. The van der Waals surface area contributed by atoms with Gasteiger partial charge in [0, 0.05) is 5.92 Å². The molecule has 0 fully saturated rings. The van der Waals surface area contributed by atoms with Crippen molar-refractivity contribution in [2.75, 3.05) is 0 Å². The van der Waals surface area contributed by atoms with Crippen LogP contribution in [-0.2, 0) is 4.79 Å². The van der Waals surface area contributed by atoms with Gasteiger partial charge in [-0.2, -0.15) is 0 Å². The topological polar surface area (TPSA) is 63.3 Å². The molecule has 0 unspecified atom stereocenters. The van der Waals surface area contributed by atoms with Crippen LogP contribution in [0.25, 0.3) is 0 Å². The molecule has 0 spiro atoms. The van der Waals surface area contributed by atoms with Crippen LogP contribution >= 0.6 is 0 Å². The molecular weight excluding hydrogens is 209 g/mol. The molecule has 1 aromatic carbocycles. The van der Waals surface area contributed by atoms with Crippen LogP contribution in [0.5, 0.6) is 0 Å². The predicted octanol–water partition coefficient (Wildman–Crippen LogP) is 1.96. The lowest BCUT2D eigenvalue weighted by molar-refractivity contribution is -0.139. The summed E-state index contributed by atoms with van der Waals surface area (Å²) >= 11 is 0. The minimum atomic E-state index is -1.08. The zero-order valence-corrected chi connectivity index (χ0v) is 9.62. The van der Waals surface area contributed by atoms with Gasteiger partial charge in [-0.15, -0.1) is 0 Å². The molecule has 0 saturated carbocycles. The van der Waals surface area contributed by atoms with Gasteiger partial charge in [-0.1, -0.05) is 6.92 Å². The van der Waals surface area contributed by atoms with Crippen molar-refractivity contribution in [3.8, 4) is 0 Å². The van der Waals surface area contributed by atoms with E-state index in [1.807, 2.05) is 6.92 Å². The molecule has 0 heterocycles. The van der Waals surface area contributed by atoms with Gasteiger partial charge in [0.2, 0.25) is 0 Å². The molecule has 1 rings (SSSR count). The fraction of sp³-hybridized carbons (Fsp3) is 0.417. The third-order valence-electron chi connectivity index (χ3n) is 2.99. The van der Waals surface area contributed by atoms with Crippen molar-refractivity contribution < 1.29 is 14.3 Å². The van der Waals surface area contributed by atoms with Crippen LogP contribution in [0.2, 0.25) is 0 Å². The number of hydrogen-bond donors (Lipinski definition) is 2. The largest absolute Gasteiger partial charge is 0.480 e. The van der Waals surface area contributed by atoms with E-state index < -0.39 is 17.9 Å². The van der Waals surface area contributed by atoms with Gasteiger partial charge in [-0.05, 0) is 42.7 Å². The SMILES string of the molecule is Cc1cc(F)cc([C@@H](C)[C@H](N)C(=O)O)c1C. The van der Waals surface area contributed by atoms with Crippen molar-refractivity contribution in [1.29, 1.82) is 0 Å². The first-order chi connectivity index (χ1) is 7.34. The van der Waals surface area contributed by atoms with Crippen LogP contribution in [-0.4, -0.2) is 17.1 Å². The average Bonchev–Trinajstić information content (AvgIpc) is 2.21. The number of benzene rings is 1. The summed E-state index contributed by atoms with van der Waals surface area (Å²) in [6.07, 6.45) is 0. The van der Waals surface area contributed by atoms with Gasteiger partial charge < -0.3 is 10.8 Å². The standard InChI is InChI=1S/C12H16FNO2/c1-6-4-9(13)5-10(7(6)2)8(3)11(14)12(15)16/h4-5,8,11H,14H2,1-3H3,(H,15,16)/t8-,11+/m1/s1. The minimum Gasteiger partial charge on any atom is -0.480 e. The first-order valence-electron chi connectivity index (χ1n) is 5.09. The Morgan fingerprint density at radius 2 is 2.00 bits per heavy atom. The number of aliphatic carboxylic acids is 1. The molecular formula is C12H16FNO2. The summed E-state index contributed by atoms with van der Waals surface area (Å²) in [5.41, 5.74) is 7.90. The molecule has 3 nitrogen and oxygen atoms in total. The molecule has 88 valence electrons. The Bertz CT molecular complexity index is 418. The van der Waals surface area contributed by atoms with E-state index in [0.717, 1.165) is 11.1 Å². The number of carboxylic acid groups (broad SMARTS) is 1. The van der Waals surface area contributed by atoms with Crippen LogP contribution in [0.4, 0.5) is 4.39 Å². The fourth-order valence-electron chi connectivity index (χ4n) is 1.72. The maximum absolute atomic E-state index is 13.2. The van der Waals surface area contributed by atoms with E-state index in [0.29, 0.717) is 5.56 Å². The number of hydrogen-bond acceptors (Lipinski definition) is 2. The lowest BCUT2D eigenvalue weighted by atomic mass is 9.88. The van der Waals surface area contributed by atoms with E-state index in [2.05, 4.69) is 0 Å². The molecule has 0 saturated heterocycles. The third kappa shape index (κ3) is 2.39. The number of carbonyl (C=O) groups is 1. The maximum Gasteiger partial charge on any atom is 0.321 e. The van der Waals surface area contributed by atoms with E-state index >= 15 is 0 Å². The van der Waals surface area contributed by atoms with Crippen LogP contribution in [0.1, 0.15) is 29.5 Å². The van der Waals surface area contributed by atoms with E-state index in [1.54, 1.807) is 13.8 Å². The van der Waals surface area contributed by atoms with Crippen LogP contribution in [0.3, 0.4) is 0 Å². The van der Waals surface area contributed by atoms with Gasteiger partial charge in [-0.25, -0.2) is 4.39 Å². The lowest BCUT2D eigenvalue weighted by Crippen LogP contribution is -2.35. The normalized spacial score (nSPS) is 14.6. The molecule has 0 aliphatic rings. The van der Waals surface area contributed by atoms with Gasteiger partial charge in [0.05, 0.1) is 0 Å². The van der Waals surface area contributed by atoms with Gasteiger partial charge >= 0.3 is 5.97 Å². The zero-order valence-electron chi connectivity index (χ0n) is 9.62. The second-order valence-corrected chi connectivity index (χ2v) is 4.09. The second kappa shape index (κ2) is 4.61.